The van der Waals surface area contributed by atoms with Gasteiger partial charge in [-0.3, -0.25) is 4.84 Å². The summed E-state index contributed by atoms with van der Waals surface area (Å²) in [5.41, 5.74) is 1.66. The summed E-state index contributed by atoms with van der Waals surface area (Å²) in [6.07, 6.45) is 0. The van der Waals surface area contributed by atoms with Gasteiger partial charge in [0.25, 0.3) is 0 Å². The number of benzene rings is 1. The Morgan fingerprint density at radius 2 is 2.19 bits per heavy atom. The number of likely N-dealkylation sites (N-methyl/N-ethyl adjacent to an activating group) is 1. The number of hydrogen-bond donors (Lipinski definition) is 1. The monoisotopic (exact) mass is 222 g/mol. The van der Waals surface area contributed by atoms with Crippen LogP contribution in [0.3, 0.4) is 0 Å². The highest BCUT2D eigenvalue weighted by Gasteiger charge is 2.24. The number of rotatable bonds is 2. The topological polar surface area (TPSA) is 47.7 Å². The van der Waals surface area contributed by atoms with E-state index in [-0.39, 0.29) is 0 Å². The van der Waals surface area contributed by atoms with Crippen molar-refractivity contribution in [2.45, 2.75) is 19.4 Å². The lowest BCUT2D eigenvalue weighted by Gasteiger charge is -2.30. The van der Waals surface area contributed by atoms with Crippen LogP contribution in [0.5, 0.6) is 5.75 Å². The van der Waals surface area contributed by atoms with E-state index in [0.717, 1.165) is 30.2 Å². The van der Waals surface area contributed by atoms with E-state index in [1.54, 1.807) is 0 Å². The zero-order valence-electron chi connectivity index (χ0n) is 9.99. The first-order valence-corrected chi connectivity index (χ1v) is 5.41. The summed E-state index contributed by atoms with van der Waals surface area (Å²) < 4.78 is 5.58. The number of fused-ring (bicyclic) bond motifs is 1. The van der Waals surface area contributed by atoms with Gasteiger partial charge in [-0.15, -0.1) is 0 Å². The number of nitrogens with two attached hydrogens (primary N) is 1. The van der Waals surface area contributed by atoms with Crippen molar-refractivity contribution in [3.8, 4) is 5.75 Å². The Bertz CT molecular complexity index is 391. The second-order valence-electron chi connectivity index (χ2n) is 4.58. The average Bonchev–Trinajstić information content (AvgIpc) is 2.29. The molecule has 4 heteroatoms. The van der Waals surface area contributed by atoms with E-state index in [9.17, 15) is 0 Å². The van der Waals surface area contributed by atoms with E-state index >= 15 is 0 Å². The minimum atomic E-state index is -0.479. The molecular formula is C12H18N2O2. The van der Waals surface area contributed by atoms with Gasteiger partial charge in [-0.2, -0.15) is 0 Å². The summed E-state index contributed by atoms with van der Waals surface area (Å²) in [7, 11) is 2.06. The lowest BCUT2D eigenvalue weighted by Crippen LogP contribution is -2.30. The SMILES string of the molecule is CN1CCOc2ccc(C(C)(C)ON)cc21. The smallest absolute Gasteiger partial charge is 0.142 e. The summed E-state index contributed by atoms with van der Waals surface area (Å²) in [6, 6.07) is 6.04. The summed E-state index contributed by atoms with van der Waals surface area (Å²) >= 11 is 0. The van der Waals surface area contributed by atoms with Gasteiger partial charge in [0, 0.05) is 7.05 Å². The van der Waals surface area contributed by atoms with E-state index in [4.69, 9.17) is 15.5 Å². The molecule has 0 amide bonds. The Kier molecular flexibility index (Phi) is 2.78. The molecule has 0 saturated carbocycles. The third-order valence-electron chi connectivity index (χ3n) is 3.04. The van der Waals surface area contributed by atoms with Gasteiger partial charge in [-0.25, -0.2) is 5.90 Å². The summed E-state index contributed by atoms with van der Waals surface area (Å²) in [4.78, 5) is 7.17. The highest BCUT2D eigenvalue weighted by Crippen LogP contribution is 2.35. The Balaban J connectivity index is 2.41. The van der Waals surface area contributed by atoms with E-state index < -0.39 is 5.60 Å². The molecule has 1 aliphatic heterocycles. The minimum absolute atomic E-state index is 0.479. The molecule has 1 aliphatic rings. The lowest BCUT2D eigenvalue weighted by molar-refractivity contribution is -0.0236. The second kappa shape index (κ2) is 3.96. The molecule has 0 fully saturated rings. The van der Waals surface area contributed by atoms with Crippen LogP contribution in [-0.2, 0) is 10.4 Å². The van der Waals surface area contributed by atoms with E-state index in [1.165, 1.54) is 0 Å². The molecule has 88 valence electrons. The summed E-state index contributed by atoms with van der Waals surface area (Å²) in [6.45, 7) is 5.52. The van der Waals surface area contributed by atoms with Crippen molar-refractivity contribution in [2.75, 3.05) is 25.1 Å². The molecule has 1 aromatic rings. The summed E-state index contributed by atoms with van der Waals surface area (Å²) in [5, 5.41) is 0. The van der Waals surface area contributed by atoms with Crippen molar-refractivity contribution in [1.82, 2.24) is 0 Å². The molecule has 16 heavy (non-hydrogen) atoms. The normalized spacial score (nSPS) is 15.6. The molecule has 0 saturated heterocycles. The number of ether oxygens (including phenoxy) is 1. The molecule has 0 aliphatic carbocycles. The molecule has 0 unspecified atom stereocenters. The Hall–Kier alpha value is -1.26. The largest absolute Gasteiger partial charge is 0.490 e. The zero-order valence-corrected chi connectivity index (χ0v) is 9.99. The number of hydrogen-bond acceptors (Lipinski definition) is 4. The van der Waals surface area contributed by atoms with Crippen molar-refractivity contribution >= 4 is 5.69 Å². The van der Waals surface area contributed by atoms with Crippen LogP contribution in [0, 0.1) is 0 Å². The Morgan fingerprint density at radius 1 is 1.44 bits per heavy atom. The number of nitrogens with zero attached hydrogens (tertiary/aromatic N) is 1. The van der Waals surface area contributed by atoms with E-state index in [1.807, 2.05) is 26.0 Å². The van der Waals surface area contributed by atoms with Crippen molar-refractivity contribution < 1.29 is 9.57 Å². The fraction of sp³-hybridized carbons (Fsp3) is 0.500. The van der Waals surface area contributed by atoms with Crippen LogP contribution < -0.4 is 15.5 Å². The van der Waals surface area contributed by atoms with Crippen molar-refractivity contribution in [3.05, 3.63) is 23.8 Å². The quantitative estimate of drug-likeness (QED) is 0.773. The van der Waals surface area contributed by atoms with Crippen molar-refractivity contribution in [2.24, 2.45) is 5.90 Å². The molecule has 0 bridgehead atoms. The Morgan fingerprint density at radius 3 is 2.88 bits per heavy atom. The molecule has 2 rings (SSSR count). The highest BCUT2D eigenvalue weighted by atomic mass is 16.6. The first-order valence-electron chi connectivity index (χ1n) is 5.41. The standard InChI is InChI=1S/C12H18N2O2/c1-12(2,16-13)9-4-5-11-10(8-9)14(3)6-7-15-11/h4-5,8H,6-7,13H2,1-3H3. The van der Waals surface area contributed by atoms with Crippen LogP contribution in [0.25, 0.3) is 0 Å². The average molecular weight is 222 g/mol. The maximum absolute atomic E-state index is 5.58. The molecule has 0 aromatic heterocycles. The van der Waals surface area contributed by atoms with Crippen LogP contribution in [0.15, 0.2) is 18.2 Å². The van der Waals surface area contributed by atoms with Crippen LogP contribution in [0.2, 0.25) is 0 Å². The molecule has 0 spiro atoms. The van der Waals surface area contributed by atoms with Gasteiger partial charge in [0.05, 0.1) is 12.2 Å². The maximum atomic E-state index is 5.58. The van der Waals surface area contributed by atoms with E-state index in [2.05, 4.69) is 18.0 Å². The van der Waals surface area contributed by atoms with Gasteiger partial charge in [0.2, 0.25) is 0 Å². The Labute approximate surface area is 95.9 Å². The highest BCUT2D eigenvalue weighted by molar-refractivity contribution is 5.61. The van der Waals surface area contributed by atoms with Crippen LogP contribution in [0.1, 0.15) is 19.4 Å². The third-order valence-corrected chi connectivity index (χ3v) is 3.04. The van der Waals surface area contributed by atoms with Gasteiger partial charge in [0.1, 0.15) is 18.0 Å². The fourth-order valence-corrected chi connectivity index (χ4v) is 1.79. The van der Waals surface area contributed by atoms with Crippen molar-refractivity contribution in [3.63, 3.8) is 0 Å². The van der Waals surface area contributed by atoms with Gasteiger partial charge in [0.15, 0.2) is 0 Å². The zero-order chi connectivity index (χ0) is 11.8. The lowest BCUT2D eigenvalue weighted by atomic mass is 9.97. The molecule has 0 atom stereocenters. The molecule has 2 N–H and O–H groups in total. The van der Waals surface area contributed by atoms with Gasteiger partial charge in [-0.1, -0.05) is 6.07 Å². The molecule has 0 radical (unpaired) electrons. The van der Waals surface area contributed by atoms with Crippen LogP contribution in [0.4, 0.5) is 5.69 Å². The second-order valence-corrected chi connectivity index (χ2v) is 4.58. The molecular weight excluding hydrogens is 204 g/mol. The van der Waals surface area contributed by atoms with E-state index in [0.29, 0.717) is 0 Å². The van der Waals surface area contributed by atoms with Crippen molar-refractivity contribution in [1.29, 1.82) is 0 Å². The predicted octanol–water partition coefficient (Wildman–Crippen LogP) is 1.64. The third kappa shape index (κ3) is 1.86. The summed E-state index contributed by atoms with van der Waals surface area (Å²) in [5.74, 6) is 6.23. The van der Waals surface area contributed by atoms with Gasteiger partial charge >= 0.3 is 0 Å². The number of anilines is 1. The fourth-order valence-electron chi connectivity index (χ4n) is 1.79. The minimum Gasteiger partial charge on any atom is -0.490 e. The molecule has 1 heterocycles. The molecule has 1 aromatic carbocycles. The van der Waals surface area contributed by atoms with Gasteiger partial charge in [-0.05, 0) is 31.5 Å². The predicted molar refractivity (Wildman–Crippen MR) is 63.5 cm³/mol. The van der Waals surface area contributed by atoms with Crippen LogP contribution >= 0.6 is 0 Å². The maximum Gasteiger partial charge on any atom is 0.142 e. The first kappa shape index (κ1) is 11.2. The van der Waals surface area contributed by atoms with Gasteiger partial charge < -0.3 is 9.64 Å². The van der Waals surface area contributed by atoms with Crippen LogP contribution in [-0.4, -0.2) is 20.2 Å². The first-order chi connectivity index (χ1) is 7.54. The molecule has 4 nitrogen and oxygen atoms in total.